The van der Waals surface area contributed by atoms with Gasteiger partial charge in [-0.05, 0) is 105 Å². The molecule has 1 aromatic carbocycles. The third-order valence-corrected chi connectivity index (χ3v) is 15.9. The van der Waals surface area contributed by atoms with Crippen LogP contribution in [0.4, 0.5) is 0 Å². The predicted octanol–water partition coefficient (Wildman–Crippen LogP) is 2.27. The highest BCUT2D eigenvalue weighted by Crippen LogP contribution is 2.40. The number of aromatic nitrogens is 6. The van der Waals surface area contributed by atoms with Gasteiger partial charge >= 0.3 is 5.97 Å². The van der Waals surface area contributed by atoms with Crippen LogP contribution < -0.4 is 0 Å². The van der Waals surface area contributed by atoms with Crippen molar-refractivity contribution < 1.29 is 63.9 Å². The molecule has 3 aliphatic rings. The highest BCUT2D eigenvalue weighted by molar-refractivity contribution is 5.73. The fourth-order valence-corrected chi connectivity index (χ4v) is 11.2. The highest BCUT2D eigenvalue weighted by atomic mass is 16.7. The third-order valence-electron chi connectivity index (χ3n) is 15.9. The number of methoxy groups -OCH3 is 1. The van der Waals surface area contributed by atoms with Crippen molar-refractivity contribution in [3.8, 4) is 5.69 Å². The Morgan fingerprint density at radius 2 is 1.56 bits per heavy atom. The number of carbonyl (C=O) groups excluding carboxylic acids is 1. The van der Waals surface area contributed by atoms with Gasteiger partial charge in [0.05, 0.1) is 71.4 Å². The van der Waals surface area contributed by atoms with Crippen LogP contribution in [-0.2, 0) is 52.6 Å². The Hall–Kier alpha value is -3.55. The van der Waals surface area contributed by atoms with Crippen molar-refractivity contribution in [1.29, 1.82) is 0 Å². The molecule has 3 fully saturated rings. The summed E-state index contributed by atoms with van der Waals surface area (Å²) in [6.07, 6.45) is -4.43. The number of aliphatic hydroxyl groups is 6. The lowest BCUT2D eigenvalue weighted by molar-refractivity contribution is -0.318. The van der Waals surface area contributed by atoms with Crippen LogP contribution in [0.2, 0.25) is 0 Å². The predicted molar refractivity (Wildman–Crippen MR) is 268 cm³/mol. The fraction of sp³-hybridized carbons (Fsp3) is 0.788. The molecule has 6 rings (SSSR count). The lowest BCUT2D eigenvalue weighted by atomic mass is 9.77. The van der Waals surface area contributed by atoms with Crippen LogP contribution in [0.5, 0.6) is 0 Å². The van der Waals surface area contributed by atoms with E-state index in [2.05, 4.69) is 25.5 Å². The Kier molecular flexibility index (Phi) is 19.8. The van der Waals surface area contributed by atoms with Crippen LogP contribution in [0.25, 0.3) is 5.69 Å². The minimum absolute atomic E-state index is 0.0158. The standard InChI is InChI=1S/C52H86N8O13/c1-14-41-52(10,67)45(63)34(6)58(12)26-30(2)24-50(8,66)47(32(4)44(33(5)48(65)71-41)72-42-25-51(9,68-13)46(64)35(7)70-42)73-49-43(62)40(23-31(3)69-49)57(11)21-19-37-29-60(56-54-37)39-17-15-36(16-18-39)27-59-28-38(20-22-61)53-55-59/h15-18,28-35,40-47,49,61-64,66-67H,14,19-27H2,1-13H3/t30-,31-,32+,33-,34-,35+,40+,41-,42+,43-,44+,45-,46+,47-,49+,50-,51-,52-/m1/s1. The Morgan fingerprint density at radius 1 is 0.890 bits per heavy atom. The first-order chi connectivity index (χ1) is 34.3. The van der Waals surface area contributed by atoms with E-state index in [1.807, 2.05) is 76.4 Å². The number of cyclic esters (lactones) is 1. The van der Waals surface area contributed by atoms with Crippen LogP contribution in [0, 0.1) is 17.8 Å². The molecule has 412 valence electrons. The van der Waals surface area contributed by atoms with Gasteiger partial charge in [-0.25, -0.2) is 9.36 Å². The van der Waals surface area contributed by atoms with Crippen molar-refractivity contribution >= 4 is 5.97 Å². The number of esters is 1. The molecule has 0 aliphatic carbocycles. The molecule has 0 bridgehead atoms. The molecule has 3 aliphatic heterocycles. The summed E-state index contributed by atoms with van der Waals surface area (Å²) in [5, 5.41) is 86.0. The molecule has 5 heterocycles. The van der Waals surface area contributed by atoms with Gasteiger partial charge in [0.2, 0.25) is 0 Å². The molecular weight excluding hydrogens is 945 g/mol. The maximum Gasteiger partial charge on any atom is 0.311 e. The molecule has 0 radical (unpaired) electrons. The maximum absolute atomic E-state index is 14.5. The molecule has 73 heavy (non-hydrogen) atoms. The largest absolute Gasteiger partial charge is 0.459 e. The molecule has 3 aromatic rings. The smallest absolute Gasteiger partial charge is 0.311 e. The summed E-state index contributed by atoms with van der Waals surface area (Å²) >= 11 is 0. The molecule has 2 aromatic heterocycles. The highest BCUT2D eigenvalue weighted by Gasteiger charge is 2.53. The fourth-order valence-electron chi connectivity index (χ4n) is 11.2. The number of likely N-dealkylation sites (N-methyl/N-ethyl adjacent to an activating group) is 2. The van der Waals surface area contributed by atoms with Crippen LogP contribution >= 0.6 is 0 Å². The summed E-state index contributed by atoms with van der Waals surface area (Å²) in [5.74, 6) is -2.80. The van der Waals surface area contributed by atoms with E-state index in [0.29, 0.717) is 38.9 Å². The van der Waals surface area contributed by atoms with Gasteiger partial charge in [0.15, 0.2) is 12.6 Å². The van der Waals surface area contributed by atoms with Crippen LogP contribution in [0.15, 0.2) is 36.7 Å². The van der Waals surface area contributed by atoms with Gasteiger partial charge in [-0.1, -0.05) is 43.3 Å². The van der Waals surface area contributed by atoms with Crippen LogP contribution in [0.3, 0.4) is 0 Å². The molecule has 18 atom stereocenters. The zero-order valence-corrected chi connectivity index (χ0v) is 45.3. The molecule has 0 saturated carbocycles. The second-order valence-corrected chi connectivity index (χ2v) is 22.1. The summed E-state index contributed by atoms with van der Waals surface area (Å²) in [5.41, 5.74) is -1.20. The summed E-state index contributed by atoms with van der Waals surface area (Å²) in [7, 11) is 5.27. The number of aliphatic hydroxyl groups excluding tert-OH is 4. The van der Waals surface area contributed by atoms with Crippen LogP contribution in [-0.4, -0.2) is 208 Å². The average molecular weight is 1030 g/mol. The van der Waals surface area contributed by atoms with Crippen molar-refractivity contribution in [3.05, 3.63) is 53.6 Å². The normalized spacial score (nSPS) is 38.7. The van der Waals surface area contributed by atoms with E-state index in [1.54, 1.807) is 50.9 Å². The number of ether oxygens (including phenoxy) is 6. The van der Waals surface area contributed by atoms with Crippen molar-refractivity contribution in [2.45, 2.75) is 205 Å². The number of nitrogens with zero attached hydrogens (tertiary/aromatic N) is 8. The monoisotopic (exact) mass is 1030 g/mol. The van der Waals surface area contributed by atoms with Gasteiger partial charge in [0.1, 0.15) is 30.0 Å². The zero-order valence-electron chi connectivity index (χ0n) is 45.3. The second kappa shape index (κ2) is 24.6. The number of benzene rings is 1. The second-order valence-electron chi connectivity index (χ2n) is 22.1. The topological polar surface area (TPSA) is 262 Å². The Morgan fingerprint density at radius 3 is 2.22 bits per heavy atom. The van der Waals surface area contributed by atoms with E-state index in [4.69, 9.17) is 28.4 Å². The summed E-state index contributed by atoms with van der Waals surface area (Å²) in [4.78, 5) is 18.5. The molecule has 21 heteroatoms. The number of carbonyl (C=O) groups is 1. The van der Waals surface area contributed by atoms with Crippen LogP contribution in [0.1, 0.15) is 112 Å². The Labute approximate surface area is 431 Å². The van der Waals surface area contributed by atoms with E-state index in [0.717, 1.165) is 22.6 Å². The average Bonchev–Trinajstić information content (AvgIpc) is 4.01. The minimum atomic E-state index is -1.84. The van der Waals surface area contributed by atoms with Crippen molar-refractivity contribution in [2.75, 3.05) is 40.9 Å². The summed E-state index contributed by atoms with van der Waals surface area (Å²) < 4.78 is 41.8. The van der Waals surface area contributed by atoms with Gasteiger partial charge in [0.25, 0.3) is 0 Å². The van der Waals surface area contributed by atoms with Gasteiger partial charge in [0, 0.05) is 70.3 Å². The quantitative estimate of drug-likeness (QED) is 0.119. The van der Waals surface area contributed by atoms with Gasteiger partial charge in [-0.3, -0.25) is 4.79 Å². The van der Waals surface area contributed by atoms with E-state index >= 15 is 0 Å². The van der Waals surface area contributed by atoms with E-state index < -0.39 is 102 Å². The number of hydrogen-bond donors (Lipinski definition) is 6. The summed E-state index contributed by atoms with van der Waals surface area (Å²) in [6.45, 7) is 19.0. The number of hydrogen-bond acceptors (Lipinski definition) is 19. The lowest BCUT2D eigenvalue weighted by Crippen LogP contribution is -2.61. The molecule has 0 spiro atoms. The maximum atomic E-state index is 14.5. The van der Waals surface area contributed by atoms with Crippen molar-refractivity contribution in [1.82, 2.24) is 39.8 Å². The molecule has 6 N–H and O–H groups in total. The lowest BCUT2D eigenvalue weighted by Gasteiger charge is -2.49. The molecule has 3 saturated heterocycles. The van der Waals surface area contributed by atoms with Gasteiger partial charge < -0.3 is 68.9 Å². The van der Waals surface area contributed by atoms with Crippen molar-refractivity contribution in [2.24, 2.45) is 17.8 Å². The third kappa shape index (κ3) is 13.9. The van der Waals surface area contributed by atoms with E-state index in [-0.39, 0.29) is 37.9 Å². The summed E-state index contributed by atoms with van der Waals surface area (Å²) in [6, 6.07) is 6.89. The van der Waals surface area contributed by atoms with Gasteiger partial charge in [-0.15, -0.1) is 10.2 Å². The van der Waals surface area contributed by atoms with E-state index in [9.17, 15) is 35.4 Å². The Balaban J connectivity index is 1.24. The van der Waals surface area contributed by atoms with Gasteiger partial charge in [-0.2, -0.15) is 0 Å². The van der Waals surface area contributed by atoms with Crippen molar-refractivity contribution in [3.63, 3.8) is 0 Å². The SMILES string of the molecule is CC[C@H]1OC(=O)[C@H](C)[C@@H](O[C@H]2C[C@@](C)(OC)[C@@H](O)[C@H](C)O2)[C@H](C)[C@@H](O[C@@H]2O[C@H](C)C[C@H](N(C)CCc3cn(-c4ccc(Cn5cc(CCO)nn5)cc4)nn3)[C@H]2O)[C@](C)(O)C[C@@H](C)CN(C)[C@H](C)[C@@H](O)[C@]1(C)O. The first-order valence-corrected chi connectivity index (χ1v) is 26.1. The Bertz CT molecular complexity index is 2200. The first kappa shape index (κ1) is 58.7. The molecule has 0 unspecified atom stereocenters. The first-order valence-electron chi connectivity index (χ1n) is 26.1. The molecule has 21 nitrogen and oxygen atoms in total. The minimum Gasteiger partial charge on any atom is -0.459 e. The zero-order chi connectivity index (χ0) is 53.7. The molecule has 0 amide bonds. The number of rotatable bonds is 15. The van der Waals surface area contributed by atoms with E-state index in [1.165, 1.54) is 14.0 Å². The molecular formula is C52H86N8O13.